The van der Waals surface area contributed by atoms with E-state index in [-0.39, 0.29) is 6.61 Å². The number of hydrogen-bond donors (Lipinski definition) is 1. The molecule has 0 spiro atoms. The number of pyridine rings is 1. The molecule has 2 aromatic carbocycles. The lowest BCUT2D eigenvalue weighted by molar-refractivity contribution is 0.370. The fraction of sp³-hybridized carbons (Fsp3) is 0.217. The van der Waals surface area contributed by atoms with Gasteiger partial charge in [-0.1, -0.05) is 24.1 Å². The highest BCUT2D eigenvalue weighted by atomic mass is 16.5. The zero-order valence-electron chi connectivity index (χ0n) is 15.1. The Morgan fingerprint density at radius 2 is 1.93 bits per heavy atom. The second kappa shape index (κ2) is 7.92. The van der Waals surface area contributed by atoms with E-state index in [0.717, 1.165) is 40.7 Å². The molecule has 0 fully saturated rings. The van der Waals surface area contributed by atoms with Gasteiger partial charge in [0.05, 0.1) is 17.4 Å². The van der Waals surface area contributed by atoms with Crippen LogP contribution in [-0.2, 0) is 12.8 Å². The SMILES string of the molecule is C#CCOc1ccc(C=NNc2c3c(nc4ccccc24)CCCC3)cc1. The van der Waals surface area contributed by atoms with Gasteiger partial charge in [0.1, 0.15) is 12.4 Å². The summed E-state index contributed by atoms with van der Waals surface area (Å²) in [7, 11) is 0. The Balaban J connectivity index is 1.58. The molecule has 134 valence electrons. The number of fused-ring (bicyclic) bond motifs is 2. The number of aromatic nitrogens is 1. The highest BCUT2D eigenvalue weighted by Gasteiger charge is 2.17. The van der Waals surface area contributed by atoms with E-state index in [2.05, 4.69) is 28.6 Å². The molecule has 1 aliphatic carbocycles. The number of benzene rings is 2. The first-order valence-electron chi connectivity index (χ1n) is 9.21. The van der Waals surface area contributed by atoms with E-state index in [1.807, 2.05) is 42.6 Å². The predicted molar refractivity (Wildman–Crippen MR) is 110 cm³/mol. The average Bonchev–Trinajstić information content (AvgIpc) is 2.72. The number of rotatable bonds is 5. The maximum atomic E-state index is 5.39. The molecule has 27 heavy (non-hydrogen) atoms. The minimum atomic E-state index is 0.273. The Kier molecular flexibility index (Phi) is 5.02. The number of anilines is 1. The summed E-state index contributed by atoms with van der Waals surface area (Å²) in [6.45, 7) is 0.273. The van der Waals surface area contributed by atoms with Crippen LogP contribution in [0, 0.1) is 12.3 Å². The first-order chi connectivity index (χ1) is 13.3. The molecule has 4 nitrogen and oxygen atoms in total. The highest BCUT2D eigenvalue weighted by Crippen LogP contribution is 2.33. The molecule has 0 radical (unpaired) electrons. The van der Waals surface area contributed by atoms with Gasteiger partial charge in [-0.15, -0.1) is 6.42 Å². The summed E-state index contributed by atoms with van der Waals surface area (Å²) < 4.78 is 5.39. The van der Waals surface area contributed by atoms with Gasteiger partial charge in [0.15, 0.2) is 0 Å². The quantitative estimate of drug-likeness (QED) is 0.414. The van der Waals surface area contributed by atoms with E-state index in [4.69, 9.17) is 16.1 Å². The van der Waals surface area contributed by atoms with E-state index >= 15 is 0 Å². The Hall–Kier alpha value is -3.32. The fourth-order valence-electron chi connectivity index (χ4n) is 3.45. The molecule has 1 aromatic heterocycles. The molecule has 0 amide bonds. The third-order valence-electron chi connectivity index (χ3n) is 4.76. The zero-order chi connectivity index (χ0) is 18.5. The molecule has 1 N–H and O–H groups in total. The van der Waals surface area contributed by atoms with Crippen molar-refractivity contribution < 1.29 is 4.74 Å². The number of hydrogen-bond acceptors (Lipinski definition) is 4. The maximum absolute atomic E-state index is 5.39. The molecular weight excluding hydrogens is 334 g/mol. The molecule has 1 aliphatic rings. The first-order valence-corrected chi connectivity index (χ1v) is 9.21. The topological polar surface area (TPSA) is 46.5 Å². The van der Waals surface area contributed by atoms with Crippen LogP contribution in [0.2, 0.25) is 0 Å². The Morgan fingerprint density at radius 1 is 1.11 bits per heavy atom. The van der Waals surface area contributed by atoms with Crippen molar-refractivity contribution in [1.29, 1.82) is 0 Å². The number of nitrogens with one attached hydrogen (secondary N) is 1. The Bertz CT molecular complexity index is 1020. The number of ether oxygens (including phenoxy) is 1. The third-order valence-corrected chi connectivity index (χ3v) is 4.76. The van der Waals surface area contributed by atoms with Gasteiger partial charge in [0.2, 0.25) is 0 Å². The van der Waals surface area contributed by atoms with Crippen molar-refractivity contribution in [2.75, 3.05) is 12.0 Å². The van der Waals surface area contributed by atoms with E-state index in [1.54, 1.807) is 0 Å². The van der Waals surface area contributed by atoms with Crippen molar-refractivity contribution in [1.82, 2.24) is 4.98 Å². The van der Waals surface area contributed by atoms with E-state index in [9.17, 15) is 0 Å². The van der Waals surface area contributed by atoms with Crippen molar-refractivity contribution in [3.8, 4) is 18.1 Å². The molecule has 0 aliphatic heterocycles. The highest BCUT2D eigenvalue weighted by molar-refractivity contribution is 5.94. The minimum Gasteiger partial charge on any atom is -0.481 e. The lowest BCUT2D eigenvalue weighted by Gasteiger charge is -2.20. The molecule has 0 saturated carbocycles. The normalized spacial score (nSPS) is 13.3. The van der Waals surface area contributed by atoms with Crippen molar-refractivity contribution in [2.45, 2.75) is 25.7 Å². The van der Waals surface area contributed by atoms with Crippen LogP contribution in [0.25, 0.3) is 10.9 Å². The zero-order valence-corrected chi connectivity index (χ0v) is 15.1. The van der Waals surface area contributed by atoms with Crippen LogP contribution in [-0.4, -0.2) is 17.8 Å². The van der Waals surface area contributed by atoms with Crippen LogP contribution >= 0.6 is 0 Å². The fourth-order valence-corrected chi connectivity index (χ4v) is 3.45. The summed E-state index contributed by atoms with van der Waals surface area (Å²) in [5, 5.41) is 5.60. The summed E-state index contributed by atoms with van der Waals surface area (Å²) in [5.74, 6) is 3.22. The standard InChI is InChI=1S/C23H21N3O/c1-2-15-27-18-13-11-17(12-14-18)16-24-26-23-19-7-3-5-9-21(19)25-22-10-6-4-8-20(22)23/h1,3,5,7,9,11-14,16H,4,6,8,10,15H2,(H,25,26). The third kappa shape index (κ3) is 3.78. The van der Waals surface area contributed by atoms with Gasteiger partial charge >= 0.3 is 0 Å². The number of hydrazone groups is 1. The maximum Gasteiger partial charge on any atom is 0.148 e. The molecule has 1 heterocycles. The second-order valence-electron chi connectivity index (χ2n) is 6.57. The van der Waals surface area contributed by atoms with Crippen LogP contribution < -0.4 is 10.2 Å². The van der Waals surface area contributed by atoms with E-state index in [1.165, 1.54) is 24.1 Å². The van der Waals surface area contributed by atoms with Gasteiger partial charge in [-0.3, -0.25) is 10.4 Å². The minimum absolute atomic E-state index is 0.273. The summed E-state index contributed by atoms with van der Waals surface area (Å²) >= 11 is 0. The summed E-state index contributed by atoms with van der Waals surface area (Å²) in [6.07, 6.45) is 11.5. The molecule has 0 unspecified atom stereocenters. The predicted octanol–water partition coefficient (Wildman–Crippen LogP) is 4.57. The molecule has 0 saturated heterocycles. The molecule has 4 rings (SSSR count). The number of nitrogens with zero attached hydrogens (tertiary/aromatic N) is 2. The van der Waals surface area contributed by atoms with Crippen molar-refractivity contribution >= 4 is 22.8 Å². The number of aryl methyl sites for hydroxylation is 1. The number of terminal acetylenes is 1. The van der Waals surface area contributed by atoms with Crippen LogP contribution in [0.15, 0.2) is 53.6 Å². The van der Waals surface area contributed by atoms with Gasteiger partial charge in [-0.05, 0) is 67.1 Å². The number of para-hydroxylation sites is 1. The molecular formula is C23H21N3O. The Labute approximate surface area is 159 Å². The van der Waals surface area contributed by atoms with E-state index in [0.29, 0.717) is 0 Å². The van der Waals surface area contributed by atoms with Crippen LogP contribution in [0.1, 0.15) is 29.7 Å². The van der Waals surface area contributed by atoms with Crippen molar-refractivity contribution in [2.24, 2.45) is 5.10 Å². The molecule has 0 atom stereocenters. The molecule has 0 bridgehead atoms. The summed E-state index contributed by atoms with van der Waals surface area (Å²) in [4.78, 5) is 4.86. The van der Waals surface area contributed by atoms with Gasteiger partial charge < -0.3 is 4.74 Å². The first kappa shape index (κ1) is 17.1. The molecule has 3 aromatic rings. The lowest BCUT2D eigenvalue weighted by Crippen LogP contribution is -2.09. The van der Waals surface area contributed by atoms with Gasteiger partial charge in [-0.25, -0.2) is 0 Å². The van der Waals surface area contributed by atoms with E-state index < -0.39 is 0 Å². The Morgan fingerprint density at radius 3 is 2.78 bits per heavy atom. The van der Waals surface area contributed by atoms with Crippen LogP contribution in [0.3, 0.4) is 0 Å². The summed E-state index contributed by atoms with van der Waals surface area (Å²) in [5.41, 5.74) is 8.88. The lowest BCUT2D eigenvalue weighted by atomic mass is 9.93. The van der Waals surface area contributed by atoms with Gasteiger partial charge in [-0.2, -0.15) is 5.10 Å². The molecule has 4 heteroatoms. The van der Waals surface area contributed by atoms with Crippen molar-refractivity contribution in [3.63, 3.8) is 0 Å². The van der Waals surface area contributed by atoms with Gasteiger partial charge in [0.25, 0.3) is 0 Å². The second-order valence-corrected chi connectivity index (χ2v) is 6.57. The largest absolute Gasteiger partial charge is 0.481 e. The van der Waals surface area contributed by atoms with Crippen LogP contribution in [0.4, 0.5) is 5.69 Å². The van der Waals surface area contributed by atoms with Crippen LogP contribution in [0.5, 0.6) is 5.75 Å². The monoisotopic (exact) mass is 355 g/mol. The average molecular weight is 355 g/mol. The van der Waals surface area contributed by atoms with Crippen molar-refractivity contribution in [3.05, 3.63) is 65.4 Å². The van der Waals surface area contributed by atoms with Gasteiger partial charge in [0, 0.05) is 11.1 Å². The summed E-state index contributed by atoms with van der Waals surface area (Å²) in [6, 6.07) is 15.9. The smallest absolute Gasteiger partial charge is 0.148 e.